The molecule has 1 aliphatic rings. The van der Waals surface area contributed by atoms with Gasteiger partial charge in [-0.1, -0.05) is 30.3 Å². The van der Waals surface area contributed by atoms with Gasteiger partial charge in [0.1, 0.15) is 6.04 Å². The third-order valence-electron chi connectivity index (χ3n) is 3.04. The number of benzene rings is 1. The number of likely N-dealkylation sites (N-methyl/N-ethyl adjacent to an activating group) is 1. The van der Waals surface area contributed by atoms with Gasteiger partial charge in [-0.2, -0.15) is 0 Å². The molecular formula is C13H18N2O. The Labute approximate surface area is 96.2 Å². The van der Waals surface area contributed by atoms with Gasteiger partial charge in [-0.05, 0) is 25.3 Å². The van der Waals surface area contributed by atoms with Crippen molar-refractivity contribution in [1.29, 1.82) is 0 Å². The van der Waals surface area contributed by atoms with Crippen LogP contribution < -0.4 is 5.73 Å². The van der Waals surface area contributed by atoms with Crippen LogP contribution in [-0.2, 0) is 4.79 Å². The van der Waals surface area contributed by atoms with Crippen LogP contribution in [0.2, 0.25) is 0 Å². The van der Waals surface area contributed by atoms with Gasteiger partial charge in [0.15, 0.2) is 0 Å². The second kappa shape index (κ2) is 4.66. The van der Waals surface area contributed by atoms with Crippen molar-refractivity contribution in [3.8, 4) is 0 Å². The summed E-state index contributed by atoms with van der Waals surface area (Å²) in [5.74, 6) is 0.0520. The van der Waals surface area contributed by atoms with Gasteiger partial charge in [0, 0.05) is 12.6 Å². The molecule has 1 saturated carbocycles. The van der Waals surface area contributed by atoms with E-state index in [1.165, 1.54) is 0 Å². The molecule has 0 heterocycles. The van der Waals surface area contributed by atoms with Gasteiger partial charge in [0.2, 0.25) is 5.91 Å². The van der Waals surface area contributed by atoms with E-state index in [9.17, 15) is 4.79 Å². The van der Waals surface area contributed by atoms with Gasteiger partial charge >= 0.3 is 0 Å². The predicted octanol–water partition coefficient (Wildman–Crippen LogP) is 1.70. The number of amides is 1. The van der Waals surface area contributed by atoms with Gasteiger partial charge < -0.3 is 10.6 Å². The summed E-state index contributed by atoms with van der Waals surface area (Å²) in [6.45, 7) is 2.76. The van der Waals surface area contributed by atoms with Crippen LogP contribution in [0.15, 0.2) is 30.3 Å². The maximum Gasteiger partial charge on any atom is 0.244 e. The standard InChI is InChI=1S/C13H18N2O/c1-2-15(11-8-9-11)13(16)12(14)10-6-4-3-5-7-10/h3-7,11-12H,2,8-9,14H2,1H3/t12-/m1/s1. The molecule has 86 valence electrons. The molecule has 1 aromatic rings. The minimum Gasteiger partial charge on any atom is -0.338 e. The van der Waals surface area contributed by atoms with E-state index in [2.05, 4.69) is 0 Å². The Morgan fingerprint density at radius 3 is 2.56 bits per heavy atom. The SMILES string of the molecule is CCN(C(=O)[C@H](N)c1ccccc1)C1CC1. The number of carbonyl (C=O) groups excluding carboxylic acids is 1. The molecule has 1 atom stereocenters. The van der Waals surface area contributed by atoms with Crippen LogP contribution in [0.3, 0.4) is 0 Å². The van der Waals surface area contributed by atoms with Crippen LogP contribution in [0.5, 0.6) is 0 Å². The zero-order chi connectivity index (χ0) is 11.5. The molecule has 0 aromatic heterocycles. The largest absolute Gasteiger partial charge is 0.338 e. The van der Waals surface area contributed by atoms with Gasteiger partial charge in [-0.3, -0.25) is 4.79 Å². The van der Waals surface area contributed by atoms with E-state index in [1.54, 1.807) is 0 Å². The number of carbonyl (C=O) groups is 1. The van der Waals surface area contributed by atoms with Crippen molar-refractivity contribution in [2.24, 2.45) is 5.73 Å². The van der Waals surface area contributed by atoms with Crippen LogP contribution in [0.25, 0.3) is 0 Å². The van der Waals surface area contributed by atoms with Crippen LogP contribution >= 0.6 is 0 Å². The Morgan fingerprint density at radius 2 is 2.06 bits per heavy atom. The Hall–Kier alpha value is -1.35. The molecule has 3 nitrogen and oxygen atoms in total. The first-order chi connectivity index (χ1) is 7.74. The number of rotatable bonds is 4. The summed E-state index contributed by atoms with van der Waals surface area (Å²) >= 11 is 0. The summed E-state index contributed by atoms with van der Waals surface area (Å²) in [7, 11) is 0. The molecule has 1 amide bonds. The lowest BCUT2D eigenvalue weighted by Crippen LogP contribution is -2.39. The topological polar surface area (TPSA) is 46.3 Å². The zero-order valence-corrected chi connectivity index (χ0v) is 9.60. The number of nitrogens with zero attached hydrogens (tertiary/aromatic N) is 1. The highest BCUT2D eigenvalue weighted by Crippen LogP contribution is 2.28. The van der Waals surface area contributed by atoms with E-state index in [1.807, 2.05) is 42.2 Å². The summed E-state index contributed by atoms with van der Waals surface area (Å²) in [5.41, 5.74) is 6.88. The maximum absolute atomic E-state index is 12.2. The minimum absolute atomic E-state index is 0.0520. The molecule has 1 aromatic carbocycles. The molecule has 0 saturated heterocycles. The van der Waals surface area contributed by atoms with E-state index in [0.717, 1.165) is 24.9 Å². The Morgan fingerprint density at radius 1 is 1.44 bits per heavy atom. The molecule has 2 N–H and O–H groups in total. The van der Waals surface area contributed by atoms with Crippen LogP contribution in [-0.4, -0.2) is 23.4 Å². The van der Waals surface area contributed by atoms with Gasteiger partial charge in [-0.15, -0.1) is 0 Å². The Balaban J connectivity index is 2.09. The molecule has 16 heavy (non-hydrogen) atoms. The lowest BCUT2D eigenvalue weighted by Gasteiger charge is -2.24. The summed E-state index contributed by atoms with van der Waals surface area (Å²) in [6.07, 6.45) is 2.25. The molecule has 3 heteroatoms. The lowest BCUT2D eigenvalue weighted by molar-refractivity contribution is -0.133. The van der Waals surface area contributed by atoms with Gasteiger partial charge in [-0.25, -0.2) is 0 Å². The average molecular weight is 218 g/mol. The summed E-state index contributed by atoms with van der Waals surface area (Å²) in [4.78, 5) is 14.1. The Bertz CT molecular complexity index is 359. The molecule has 0 radical (unpaired) electrons. The normalized spacial score (nSPS) is 16.9. The fourth-order valence-electron chi connectivity index (χ4n) is 1.96. The molecule has 1 fully saturated rings. The number of hydrogen-bond acceptors (Lipinski definition) is 2. The van der Waals surface area contributed by atoms with E-state index in [4.69, 9.17) is 5.73 Å². The van der Waals surface area contributed by atoms with Crippen molar-refractivity contribution in [2.45, 2.75) is 31.8 Å². The van der Waals surface area contributed by atoms with Crippen molar-refractivity contribution < 1.29 is 4.79 Å². The van der Waals surface area contributed by atoms with Crippen molar-refractivity contribution in [3.05, 3.63) is 35.9 Å². The van der Waals surface area contributed by atoms with Gasteiger partial charge in [0.25, 0.3) is 0 Å². The van der Waals surface area contributed by atoms with Crippen molar-refractivity contribution >= 4 is 5.91 Å². The first-order valence-electron chi connectivity index (χ1n) is 5.85. The molecule has 2 rings (SSSR count). The van der Waals surface area contributed by atoms with Crippen molar-refractivity contribution in [2.75, 3.05) is 6.54 Å². The molecular weight excluding hydrogens is 200 g/mol. The fraction of sp³-hybridized carbons (Fsp3) is 0.462. The van der Waals surface area contributed by atoms with Crippen molar-refractivity contribution in [1.82, 2.24) is 4.90 Å². The third-order valence-corrected chi connectivity index (χ3v) is 3.04. The minimum atomic E-state index is -0.512. The first kappa shape index (κ1) is 11.1. The number of hydrogen-bond donors (Lipinski definition) is 1. The second-order valence-corrected chi connectivity index (χ2v) is 4.24. The van der Waals surface area contributed by atoms with Crippen LogP contribution in [0.4, 0.5) is 0 Å². The molecule has 0 spiro atoms. The second-order valence-electron chi connectivity index (χ2n) is 4.24. The molecule has 0 unspecified atom stereocenters. The van der Waals surface area contributed by atoms with Crippen molar-refractivity contribution in [3.63, 3.8) is 0 Å². The zero-order valence-electron chi connectivity index (χ0n) is 9.60. The summed E-state index contributed by atoms with van der Waals surface area (Å²) in [6, 6.07) is 9.49. The molecule has 0 bridgehead atoms. The van der Waals surface area contributed by atoms with Crippen LogP contribution in [0.1, 0.15) is 31.4 Å². The maximum atomic E-state index is 12.2. The monoisotopic (exact) mass is 218 g/mol. The fourth-order valence-corrected chi connectivity index (χ4v) is 1.96. The van der Waals surface area contributed by atoms with E-state index < -0.39 is 6.04 Å². The number of nitrogens with two attached hydrogens (primary N) is 1. The van der Waals surface area contributed by atoms with Gasteiger partial charge in [0.05, 0.1) is 0 Å². The smallest absolute Gasteiger partial charge is 0.244 e. The summed E-state index contributed by atoms with van der Waals surface area (Å²) < 4.78 is 0. The third kappa shape index (κ3) is 2.25. The first-order valence-corrected chi connectivity index (χ1v) is 5.85. The average Bonchev–Trinajstić information content (AvgIpc) is 3.14. The predicted molar refractivity (Wildman–Crippen MR) is 63.8 cm³/mol. The van der Waals surface area contributed by atoms with Crippen LogP contribution in [0, 0.1) is 0 Å². The highest BCUT2D eigenvalue weighted by molar-refractivity contribution is 5.83. The van der Waals surface area contributed by atoms with E-state index in [0.29, 0.717) is 6.04 Å². The quantitative estimate of drug-likeness (QED) is 0.836. The lowest BCUT2D eigenvalue weighted by atomic mass is 10.1. The molecule has 1 aliphatic carbocycles. The van der Waals surface area contributed by atoms with E-state index in [-0.39, 0.29) is 5.91 Å². The Kier molecular flexibility index (Phi) is 3.25. The molecule has 0 aliphatic heterocycles. The highest BCUT2D eigenvalue weighted by Gasteiger charge is 2.33. The highest BCUT2D eigenvalue weighted by atomic mass is 16.2. The van der Waals surface area contributed by atoms with E-state index >= 15 is 0 Å². The summed E-state index contributed by atoms with van der Waals surface area (Å²) in [5, 5.41) is 0.